The van der Waals surface area contributed by atoms with E-state index in [9.17, 15) is 19.0 Å². The Morgan fingerprint density at radius 2 is 0.695 bits per heavy atom. The van der Waals surface area contributed by atoms with Crippen molar-refractivity contribution in [1.29, 1.82) is 0 Å². The lowest BCUT2D eigenvalue weighted by Gasteiger charge is -2.28. The fourth-order valence-corrected chi connectivity index (χ4v) is 9.87. The number of nitrogens with zero attached hydrogens (tertiary/aromatic N) is 1. The highest BCUT2D eigenvalue weighted by atomic mass is 31.2. The van der Waals surface area contributed by atoms with Crippen LogP contribution in [0.5, 0.6) is 0 Å². The topological polar surface area (TPSA) is 111 Å². The Balaban J connectivity index is 4.11. The molecule has 2 atom stereocenters. The van der Waals surface area contributed by atoms with Crippen molar-refractivity contribution in [3.05, 3.63) is 109 Å². The Kier molecular flexibility index (Phi) is 59.7. The van der Waals surface area contributed by atoms with E-state index in [4.69, 9.17) is 18.5 Å². The number of esters is 2. The third kappa shape index (κ3) is 65.8. The molecule has 0 heterocycles. The lowest BCUT2D eigenvalue weighted by Crippen LogP contribution is -2.37. The molecule has 0 rings (SSSR count). The summed E-state index contributed by atoms with van der Waals surface area (Å²) in [6.07, 6.45) is 87.2. The van der Waals surface area contributed by atoms with E-state index in [-0.39, 0.29) is 32.0 Å². The van der Waals surface area contributed by atoms with Gasteiger partial charge in [0.2, 0.25) is 0 Å². The molecular weight excluding hydrogens is 1040 g/mol. The molecule has 0 aromatic heterocycles. The minimum atomic E-state index is -4.65. The summed E-state index contributed by atoms with van der Waals surface area (Å²) in [7, 11) is 1.16. The van der Waals surface area contributed by atoms with Crippen molar-refractivity contribution in [1.82, 2.24) is 0 Å². The predicted octanol–water partition coefficient (Wildman–Crippen LogP) is 21.1. The van der Waals surface area contributed by atoms with Crippen molar-refractivity contribution in [2.45, 2.75) is 290 Å². The largest absolute Gasteiger partial charge is 0.756 e. The van der Waals surface area contributed by atoms with Crippen LogP contribution in [0.4, 0.5) is 0 Å². The van der Waals surface area contributed by atoms with E-state index in [1.165, 1.54) is 154 Å². The molecule has 0 aliphatic heterocycles. The lowest BCUT2D eigenvalue weighted by atomic mass is 10.0. The lowest BCUT2D eigenvalue weighted by molar-refractivity contribution is -0.870. The molecule has 0 aromatic carbocycles. The molecule has 0 N–H and O–H groups in total. The summed E-state index contributed by atoms with van der Waals surface area (Å²) in [5.41, 5.74) is 0. The number of phosphoric acid groups is 1. The van der Waals surface area contributed by atoms with E-state index in [0.717, 1.165) is 96.3 Å². The van der Waals surface area contributed by atoms with Crippen LogP contribution in [-0.4, -0.2) is 70.0 Å². The van der Waals surface area contributed by atoms with Crippen LogP contribution < -0.4 is 4.89 Å². The number of hydrogen-bond acceptors (Lipinski definition) is 8. The number of carbonyl (C=O) groups excluding carboxylic acids is 2. The maximum Gasteiger partial charge on any atom is 0.306 e. The minimum Gasteiger partial charge on any atom is -0.756 e. The van der Waals surface area contributed by atoms with E-state index in [2.05, 4.69) is 123 Å². The van der Waals surface area contributed by atoms with Gasteiger partial charge in [0, 0.05) is 12.8 Å². The van der Waals surface area contributed by atoms with Crippen LogP contribution >= 0.6 is 7.82 Å². The van der Waals surface area contributed by atoms with Crippen molar-refractivity contribution >= 4 is 19.8 Å². The van der Waals surface area contributed by atoms with E-state index in [1.54, 1.807) is 0 Å². The Morgan fingerprint density at radius 1 is 0.390 bits per heavy atom. The van der Waals surface area contributed by atoms with Gasteiger partial charge in [0.25, 0.3) is 7.82 Å². The van der Waals surface area contributed by atoms with Gasteiger partial charge in [-0.25, -0.2) is 0 Å². The molecule has 0 aromatic rings. The Labute approximate surface area is 506 Å². The molecule has 0 saturated heterocycles. The standard InChI is InChI=1S/C72H126NO8P/c1-6-8-10-12-14-16-18-20-22-24-26-28-30-32-34-36-38-40-42-44-46-48-50-52-54-56-58-60-62-64-71(74)78-68-70(69-80-82(76,77)79-67-66-73(3,4)5)81-72(75)65-63-61-59-57-55-53-51-49-47-45-43-41-39-37-35-33-31-29-27-25-23-21-19-17-15-13-11-9-7-2/h9,11,15,17-18,20-21,23-24,26-27,29-30,32-33,35,39,41,70H,6-8,10,12-14,16,19,22,25,28,31,34,36-38,40,42-69H2,1-5H3/b11-9-,17-15-,20-18-,23-21-,26-24-,29-27-,32-30-,35-33-,41-39-. The SMILES string of the molecule is CC/C=C\C/C=C\C/C=C\C/C=C\C/C=C\C/C=C\CCCCCCCCCCCCC(=O)OC(COC(=O)CCCCCCCCCCCCCCCC/C=C\C/C=C\C/C=C\CCCCCCC)COP(=O)([O-])OCC[N+](C)(C)C. The molecule has 0 saturated carbocycles. The number of carbonyl (C=O) groups is 2. The van der Waals surface area contributed by atoms with Crippen LogP contribution in [0.25, 0.3) is 0 Å². The van der Waals surface area contributed by atoms with Gasteiger partial charge in [-0.15, -0.1) is 0 Å². The average molecular weight is 1160 g/mol. The zero-order chi connectivity index (χ0) is 59.8. The molecule has 10 heteroatoms. The molecule has 0 aliphatic carbocycles. The van der Waals surface area contributed by atoms with E-state index in [1.807, 2.05) is 21.1 Å². The highest BCUT2D eigenvalue weighted by Gasteiger charge is 2.22. The summed E-state index contributed by atoms with van der Waals surface area (Å²) in [5, 5.41) is 0. The first-order chi connectivity index (χ1) is 40.0. The summed E-state index contributed by atoms with van der Waals surface area (Å²) in [4.78, 5) is 38.0. The number of quaternary nitrogens is 1. The fraction of sp³-hybridized carbons (Fsp3) is 0.722. The first-order valence-electron chi connectivity index (χ1n) is 33.6. The van der Waals surface area contributed by atoms with Gasteiger partial charge in [-0.3, -0.25) is 14.2 Å². The molecule has 82 heavy (non-hydrogen) atoms. The van der Waals surface area contributed by atoms with Gasteiger partial charge >= 0.3 is 11.9 Å². The molecular formula is C72H126NO8P. The second-order valence-electron chi connectivity index (χ2n) is 23.5. The number of ether oxygens (including phenoxy) is 2. The van der Waals surface area contributed by atoms with E-state index in [0.29, 0.717) is 17.4 Å². The van der Waals surface area contributed by atoms with Crippen molar-refractivity contribution in [2.24, 2.45) is 0 Å². The van der Waals surface area contributed by atoms with Gasteiger partial charge in [0.1, 0.15) is 19.8 Å². The monoisotopic (exact) mass is 1160 g/mol. The fourth-order valence-electron chi connectivity index (χ4n) is 9.14. The number of phosphoric ester groups is 1. The summed E-state index contributed by atoms with van der Waals surface area (Å²) in [6, 6.07) is 0. The highest BCUT2D eigenvalue weighted by Crippen LogP contribution is 2.38. The number of allylic oxidation sites excluding steroid dienone is 18. The van der Waals surface area contributed by atoms with Gasteiger partial charge in [-0.2, -0.15) is 0 Å². The van der Waals surface area contributed by atoms with Crippen LogP contribution in [0, 0.1) is 0 Å². The summed E-state index contributed by atoms with van der Waals surface area (Å²) >= 11 is 0. The maximum absolute atomic E-state index is 12.9. The van der Waals surface area contributed by atoms with Crippen molar-refractivity contribution < 1.29 is 42.1 Å². The third-order valence-corrected chi connectivity index (χ3v) is 15.2. The van der Waals surface area contributed by atoms with E-state index < -0.39 is 26.5 Å². The Hall–Kier alpha value is -3.33. The van der Waals surface area contributed by atoms with E-state index >= 15 is 0 Å². The third-order valence-electron chi connectivity index (χ3n) is 14.3. The number of likely N-dealkylation sites (N-methyl/N-ethyl adjacent to an activating group) is 1. The van der Waals surface area contributed by atoms with Crippen LogP contribution in [0.15, 0.2) is 109 Å². The molecule has 0 radical (unpaired) electrons. The number of hydrogen-bond donors (Lipinski definition) is 0. The van der Waals surface area contributed by atoms with Crippen molar-refractivity contribution in [3.63, 3.8) is 0 Å². The summed E-state index contributed by atoms with van der Waals surface area (Å²) in [5.74, 6) is -0.837. The van der Waals surface area contributed by atoms with Gasteiger partial charge in [0.05, 0.1) is 27.7 Å². The Bertz CT molecular complexity index is 1750. The van der Waals surface area contributed by atoms with Gasteiger partial charge < -0.3 is 27.9 Å². The predicted molar refractivity (Wildman–Crippen MR) is 351 cm³/mol. The molecule has 0 fully saturated rings. The molecule has 0 bridgehead atoms. The molecule has 9 nitrogen and oxygen atoms in total. The zero-order valence-electron chi connectivity index (χ0n) is 53.7. The second kappa shape index (κ2) is 62.2. The summed E-state index contributed by atoms with van der Waals surface area (Å²) in [6.45, 7) is 4.12. The van der Waals surface area contributed by atoms with Crippen molar-refractivity contribution in [2.75, 3.05) is 47.5 Å². The highest BCUT2D eigenvalue weighted by molar-refractivity contribution is 7.45. The maximum atomic E-state index is 12.9. The molecule has 472 valence electrons. The zero-order valence-corrected chi connectivity index (χ0v) is 54.6. The normalized spacial score (nSPS) is 13.9. The smallest absolute Gasteiger partial charge is 0.306 e. The molecule has 0 amide bonds. The van der Waals surface area contributed by atoms with Crippen LogP contribution in [0.2, 0.25) is 0 Å². The van der Waals surface area contributed by atoms with Crippen LogP contribution in [-0.2, 0) is 32.7 Å². The molecule has 0 aliphatic rings. The van der Waals surface area contributed by atoms with Gasteiger partial charge in [0.15, 0.2) is 6.10 Å². The van der Waals surface area contributed by atoms with Crippen LogP contribution in [0.3, 0.4) is 0 Å². The first kappa shape index (κ1) is 78.7. The summed E-state index contributed by atoms with van der Waals surface area (Å²) < 4.78 is 34.3. The first-order valence-corrected chi connectivity index (χ1v) is 35.1. The quantitative estimate of drug-likeness (QED) is 0.0195. The Morgan fingerprint density at radius 3 is 1.04 bits per heavy atom. The molecule has 2 unspecified atom stereocenters. The minimum absolute atomic E-state index is 0.0361. The number of unbranched alkanes of at least 4 members (excludes halogenated alkanes) is 29. The molecule has 0 spiro atoms. The van der Waals surface area contributed by atoms with Gasteiger partial charge in [-0.1, -0.05) is 277 Å². The van der Waals surface area contributed by atoms with Crippen LogP contribution in [0.1, 0.15) is 284 Å². The van der Waals surface area contributed by atoms with Gasteiger partial charge in [-0.05, 0) is 103 Å². The average Bonchev–Trinajstić information content (AvgIpc) is 3.45. The number of rotatable bonds is 61. The van der Waals surface area contributed by atoms with Crippen molar-refractivity contribution in [3.8, 4) is 0 Å². The second-order valence-corrected chi connectivity index (χ2v) is 24.9.